The first-order chi connectivity index (χ1) is 12.4. The lowest BCUT2D eigenvalue weighted by Crippen LogP contribution is -2.41. The highest BCUT2D eigenvalue weighted by molar-refractivity contribution is 7.15. The predicted molar refractivity (Wildman–Crippen MR) is 97.7 cm³/mol. The van der Waals surface area contributed by atoms with Crippen molar-refractivity contribution < 1.29 is 14.0 Å². The van der Waals surface area contributed by atoms with Gasteiger partial charge in [0.15, 0.2) is 0 Å². The molecular weight excluding hydrogens is 355 g/mol. The van der Waals surface area contributed by atoms with E-state index < -0.39 is 5.82 Å². The van der Waals surface area contributed by atoms with E-state index in [0.29, 0.717) is 36.6 Å². The van der Waals surface area contributed by atoms with Gasteiger partial charge in [0.2, 0.25) is 11.0 Å². The first-order valence-corrected chi connectivity index (χ1v) is 9.45. The lowest BCUT2D eigenvalue weighted by atomic mass is 9.95. The first kappa shape index (κ1) is 18.4. The van der Waals surface area contributed by atoms with Gasteiger partial charge in [-0.1, -0.05) is 31.3 Å². The Morgan fingerprint density at radius 1 is 1.27 bits per heavy atom. The molecule has 1 aromatic carbocycles. The largest absolute Gasteiger partial charge is 0.339 e. The summed E-state index contributed by atoms with van der Waals surface area (Å²) in [5.41, 5.74) is 0.336. The Morgan fingerprint density at radius 3 is 2.62 bits per heavy atom. The molecule has 0 bridgehead atoms. The van der Waals surface area contributed by atoms with Gasteiger partial charge in [-0.05, 0) is 31.0 Å². The number of rotatable bonds is 4. The van der Waals surface area contributed by atoms with Crippen molar-refractivity contribution in [3.63, 3.8) is 0 Å². The molecule has 0 saturated carbocycles. The molecule has 0 spiro atoms. The van der Waals surface area contributed by atoms with E-state index in [1.54, 1.807) is 11.0 Å². The van der Waals surface area contributed by atoms with Gasteiger partial charge in [-0.15, -0.1) is 10.2 Å². The lowest BCUT2D eigenvalue weighted by Gasteiger charge is -2.31. The second-order valence-electron chi connectivity index (χ2n) is 6.67. The molecule has 0 atom stereocenters. The summed E-state index contributed by atoms with van der Waals surface area (Å²) in [6.45, 7) is 5.00. The van der Waals surface area contributed by atoms with E-state index in [9.17, 15) is 14.0 Å². The van der Waals surface area contributed by atoms with Crippen LogP contribution in [0.2, 0.25) is 0 Å². The zero-order valence-corrected chi connectivity index (χ0v) is 15.6. The van der Waals surface area contributed by atoms with E-state index in [2.05, 4.69) is 15.5 Å². The van der Waals surface area contributed by atoms with E-state index in [1.165, 1.54) is 29.5 Å². The molecular formula is C18H21FN4O2S. The molecule has 26 heavy (non-hydrogen) atoms. The van der Waals surface area contributed by atoms with E-state index in [0.717, 1.165) is 5.01 Å². The number of nitrogens with zero attached hydrogens (tertiary/aromatic N) is 3. The van der Waals surface area contributed by atoms with Crippen LogP contribution < -0.4 is 5.32 Å². The minimum absolute atomic E-state index is 0.0886. The van der Waals surface area contributed by atoms with Gasteiger partial charge in [0.05, 0.1) is 0 Å². The summed E-state index contributed by atoms with van der Waals surface area (Å²) in [4.78, 5) is 26.5. The van der Waals surface area contributed by atoms with E-state index >= 15 is 0 Å². The monoisotopic (exact) mass is 376 g/mol. The third-order valence-corrected chi connectivity index (χ3v) is 5.53. The zero-order valence-electron chi connectivity index (χ0n) is 14.7. The molecule has 2 aromatic rings. The Labute approximate surface area is 155 Å². The highest BCUT2D eigenvalue weighted by Crippen LogP contribution is 2.25. The summed E-state index contributed by atoms with van der Waals surface area (Å²) < 4.78 is 13.3. The Kier molecular flexibility index (Phi) is 5.61. The standard InChI is InChI=1S/C18H21FN4O2S/c1-11(2)16-21-22-18(26-16)20-15(24)12-6-8-23(9-7-12)17(25)13-4-3-5-14(19)10-13/h3-5,10-12H,6-9H2,1-2H3,(H,20,22,24). The molecule has 3 rings (SSSR count). The van der Waals surface area contributed by atoms with Crippen molar-refractivity contribution in [1.29, 1.82) is 0 Å². The van der Waals surface area contributed by atoms with Crippen LogP contribution in [-0.4, -0.2) is 40.0 Å². The second-order valence-corrected chi connectivity index (χ2v) is 7.68. The Morgan fingerprint density at radius 2 is 2.00 bits per heavy atom. The number of aromatic nitrogens is 2. The SMILES string of the molecule is CC(C)c1nnc(NC(=O)C2CCN(C(=O)c3cccc(F)c3)CC2)s1. The zero-order chi connectivity index (χ0) is 18.7. The van der Waals surface area contributed by atoms with Crippen LogP contribution in [0.3, 0.4) is 0 Å². The van der Waals surface area contributed by atoms with Crippen LogP contribution in [0.5, 0.6) is 0 Å². The van der Waals surface area contributed by atoms with E-state index in [4.69, 9.17) is 0 Å². The summed E-state index contributed by atoms with van der Waals surface area (Å²) in [7, 11) is 0. The number of anilines is 1. The van der Waals surface area contributed by atoms with Gasteiger partial charge in [0.25, 0.3) is 5.91 Å². The number of likely N-dealkylation sites (tertiary alicyclic amines) is 1. The highest BCUT2D eigenvalue weighted by Gasteiger charge is 2.28. The number of hydrogen-bond acceptors (Lipinski definition) is 5. The highest BCUT2D eigenvalue weighted by atomic mass is 32.1. The van der Waals surface area contributed by atoms with Crippen molar-refractivity contribution in [2.45, 2.75) is 32.6 Å². The number of hydrogen-bond donors (Lipinski definition) is 1. The molecule has 2 amide bonds. The van der Waals surface area contributed by atoms with Crippen LogP contribution in [0.25, 0.3) is 0 Å². The normalized spacial score (nSPS) is 15.3. The Hall–Kier alpha value is -2.35. The van der Waals surface area contributed by atoms with Gasteiger partial charge in [-0.2, -0.15) is 0 Å². The molecule has 1 aliphatic rings. The molecule has 0 unspecified atom stereocenters. The molecule has 1 N–H and O–H groups in total. The fourth-order valence-corrected chi connectivity index (χ4v) is 3.62. The van der Waals surface area contributed by atoms with E-state index in [-0.39, 0.29) is 23.7 Å². The maximum atomic E-state index is 13.3. The third kappa shape index (κ3) is 4.24. The molecule has 0 radical (unpaired) electrons. The molecule has 6 nitrogen and oxygen atoms in total. The topological polar surface area (TPSA) is 75.2 Å². The average Bonchev–Trinajstić information content (AvgIpc) is 3.10. The number of carbonyl (C=O) groups is 2. The molecule has 0 aliphatic carbocycles. The summed E-state index contributed by atoms with van der Waals surface area (Å²) in [5.74, 6) is -0.612. The van der Waals surface area contributed by atoms with Crippen LogP contribution >= 0.6 is 11.3 Å². The fourth-order valence-electron chi connectivity index (χ4n) is 2.87. The van der Waals surface area contributed by atoms with Crippen molar-refractivity contribution in [2.75, 3.05) is 18.4 Å². The minimum atomic E-state index is -0.428. The smallest absolute Gasteiger partial charge is 0.253 e. The van der Waals surface area contributed by atoms with Gasteiger partial charge >= 0.3 is 0 Å². The second kappa shape index (κ2) is 7.90. The van der Waals surface area contributed by atoms with Crippen molar-refractivity contribution >= 4 is 28.3 Å². The van der Waals surface area contributed by atoms with Crippen LogP contribution in [0.1, 0.15) is 48.0 Å². The number of halogens is 1. The van der Waals surface area contributed by atoms with Crippen molar-refractivity contribution in [2.24, 2.45) is 5.92 Å². The van der Waals surface area contributed by atoms with Crippen LogP contribution in [0, 0.1) is 11.7 Å². The lowest BCUT2D eigenvalue weighted by molar-refractivity contribution is -0.121. The average molecular weight is 376 g/mol. The number of nitrogens with one attached hydrogen (secondary N) is 1. The summed E-state index contributed by atoms with van der Waals surface area (Å²) >= 11 is 1.38. The maximum absolute atomic E-state index is 13.3. The van der Waals surface area contributed by atoms with Gasteiger partial charge < -0.3 is 10.2 Å². The fraction of sp³-hybridized carbons (Fsp3) is 0.444. The van der Waals surface area contributed by atoms with Crippen LogP contribution in [-0.2, 0) is 4.79 Å². The van der Waals surface area contributed by atoms with Gasteiger partial charge in [0.1, 0.15) is 10.8 Å². The number of benzene rings is 1. The summed E-state index contributed by atoms with van der Waals surface area (Å²) in [6, 6.07) is 5.68. The van der Waals surface area contributed by atoms with Gasteiger partial charge in [-0.25, -0.2) is 4.39 Å². The van der Waals surface area contributed by atoms with Crippen molar-refractivity contribution in [3.8, 4) is 0 Å². The quantitative estimate of drug-likeness (QED) is 0.888. The minimum Gasteiger partial charge on any atom is -0.339 e. The third-order valence-electron chi connectivity index (χ3n) is 4.39. The molecule has 2 heterocycles. The maximum Gasteiger partial charge on any atom is 0.253 e. The Bertz CT molecular complexity index is 800. The Balaban J connectivity index is 1.54. The van der Waals surface area contributed by atoms with Gasteiger partial charge in [0, 0.05) is 30.5 Å². The van der Waals surface area contributed by atoms with E-state index in [1.807, 2.05) is 13.8 Å². The molecule has 138 valence electrons. The van der Waals surface area contributed by atoms with Crippen molar-refractivity contribution in [3.05, 3.63) is 40.7 Å². The molecule has 1 fully saturated rings. The van der Waals surface area contributed by atoms with Crippen LogP contribution in [0.15, 0.2) is 24.3 Å². The number of piperidine rings is 1. The van der Waals surface area contributed by atoms with Crippen LogP contribution in [0.4, 0.5) is 9.52 Å². The van der Waals surface area contributed by atoms with Crippen molar-refractivity contribution in [1.82, 2.24) is 15.1 Å². The van der Waals surface area contributed by atoms with Gasteiger partial charge in [-0.3, -0.25) is 9.59 Å². The molecule has 1 saturated heterocycles. The number of carbonyl (C=O) groups excluding carboxylic acids is 2. The predicted octanol–water partition coefficient (Wildman–Crippen LogP) is 3.29. The first-order valence-electron chi connectivity index (χ1n) is 8.63. The molecule has 8 heteroatoms. The summed E-state index contributed by atoms with van der Waals surface area (Å²) in [6.07, 6.45) is 1.14. The number of amides is 2. The molecule has 1 aromatic heterocycles. The summed E-state index contributed by atoms with van der Waals surface area (Å²) in [5, 5.41) is 12.3. The molecule has 1 aliphatic heterocycles.